The van der Waals surface area contributed by atoms with Crippen molar-refractivity contribution in [1.82, 2.24) is 4.98 Å². The SMILES string of the molecule is CC1(C)CC1C(=O)Cc1cncc(Br)c1. The highest BCUT2D eigenvalue weighted by atomic mass is 79.9. The monoisotopic (exact) mass is 267 g/mol. The van der Waals surface area contributed by atoms with E-state index in [-0.39, 0.29) is 11.3 Å². The number of aromatic nitrogens is 1. The summed E-state index contributed by atoms with van der Waals surface area (Å²) in [7, 11) is 0. The van der Waals surface area contributed by atoms with Crippen molar-refractivity contribution in [2.75, 3.05) is 0 Å². The molecule has 0 radical (unpaired) electrons. The van der Waals surface area contributed by atoms with E-state index in [2.05, 4.69) is 34.8 Å². The van der Waals surface area contributed by atoms with Crippen LogP contribution in [0.5, 0.6) is 0 Å². The molecule has 1 aliphatic carbocycles. The normalized spacial score (nSPS) is 22.5. The highest BCUT2D eigenvalue weighted by Gasteiger charge is 2.49. The maximum absolute atomic E-state index is 11.9. The van der Waals surface area contributed by atoms with Gasteiger partial charge in [0.1, 0.15) is 5.78 Å². The minimum absolute atomic E-state index is 0.233. The fourth-order valence-electron chi connectivity index (χ4n) is 1.89. The molecule has 1 heterocycles. The van der Waals surface area contributed by atoms with Crippen LogP contribution in [0.1, 0.15) is 25.8 Å². The van der Waals surface area contributed by atoms with Gasteiger partial charge in [0.15, 0.2) is 0 Å². The van der Waals surface area contributed by atoms with Crippen LogP contribution in [0.4, 0.5) is 0 Å². The molecule has 1 saturated carbocycles. The van der Waals surface area contributed by atoms with Gasteiger partial charge in [-0.2, -0.15) is 0 Å². The highest BCUT2D eigenvalue weighted by molar-refractivity contribution is 9.10. The summed E-state index contributed by atoms with van der Waals surface area (Å²) in [5.41, 5.74) is 1.23. The standard InChI is InChI=1S/C12H14BrNO/c1-12(2)5-10(12)11(15)4-8-3-9(13)7-14-6-8/h3,6-7,10H,4-5H2,1-2H3. The smallest absolute Gasteiger partial charge is 0.140 e. The number of ketones is 1. The Labute approximate surface area is 98.2 Å². The predicted octanol–water partition coefficient (Wildman–Crippen LogP) is 3.00. The van der Waals surface area contributed by atoms with Crippen LogP contribution in [0.3, 0.4) is 0 Å². The fourth-order valence-corrected chi connectivity index (χ4v) is 2.31. The number of nitrogens with zero attached hydrogens (tertiary/aromatic N) is 1. The van der Waals surface area contributed by atoms with Crippen LogP contribution in [0.15, 0.2) is 22.9 Å². The van der Waals surface area contributed by atoms with Crippen molar-refractivity contribution >= 4 is 21.7 Å². The van der Waals surface area contributed by atoms with Gasteiger partial charge in [-0.25, -0.2) is 0 Å². The molecule has 80 valence electrons. The van der Waals surface area contributed by atoms with E-state index in [9.17, 15) is 4.79 Å². The molecule has 1 aromatic rings. The van der Waals surface area contributed by atoms with Crippen LogP contribution < -0.4 is 0 Å². The van der Waals surface area contributed by atoms with E-state index >= 15 is 0 Å². The molecule has 2 nitrogen and oxygen atoms in total. The summed E-state index contributed by atoms with van der Waals surface area (Å²) in [4.78, 5) is 15.9. The quantitative estimate of drug-likeness (QED) is 0.843. The first-order chi connectivity index (χ1) is 6.99. The maximum atomic E-state index is 11.9. The molecular formula is C12H14BrNO. The Morgan fingerprint density at radius 2 is 2.27 bits per heavy atom. The molecule has 2 rings (SSSR count). The summed E-state index contributed by atoms with van der Waals surface area (Å²) >= 11 is 3.35. The van der Waals surface area contributed by atoms with Gasteiger partial charge in [-0.3, -0.25) is 9.78 Å². The lowest BCUT2D eigenvalue weighted by Crippen LogP contribution is -2.09. The van der Waals surface area contributed by atoms with Crippen molar-refractivity contribution < 1.29 is 4.79 Å². The van der Waals surface area contributed by atoms with Gasteiger partial charge in [-0.15, -0.1) is 0 Å². The Hall–Kier alpha value is -0.700. The third kappa shape index (κ3) is 2.46. The Bertz CT molecular complexity index is 400. The zero-order valence-corrected chi connectivity index (χ0v) is 10.5. The van der Waals surface area contributed by atoms with Crippen molar-refractivity contribution in [1.29, 1.82) is 0 Å². The van der Waals surface area contributed by atoms with Gasteiger partial charge < -0.3 is 0 Å². The average molecular weight is 268 g/mol. The lowest BCUT2D eigenvalue weighted by Gasteiger charge is -2.03. The van der Waals surface area contributed by atoms with Crippen molar-refractivity contribution in [3.63, 3.8) is 0 Å². The van der Waals surface area contributed by atoms with E-state index in [0.717, 1.165) is 16.5 Å². The number of pyridine rings is 1. The maximum Gasteiger partial charge on any atom is 0.140 e. The zero-order chi connectivity index (χ0) is 11.1. The van der Waals surface area contributed by atoms with Gasteiger partial charge in [0.25, 0.3) is 0 Å². The molecule has 0 spiro atoms. The largest absolute Gasteiger partial charge is 0.299 e. The second kappa shape index (κ2) is 3.71. The van der Waals surface area contributed by atoms with Gasteiger partial charge in [-0.1, -0.05) is 13.8 Å². The summed E-state index contributed by atoms with van der Waals surface area (Å²) in [5, 5.41) is 0. The number of rotatable bonds is 3. The number of carbonyl (C=O) groups excluding carboxylic acids is 1. The highest BCUT2D eigenvalue weighted by Crippen LogP contribution is 2.52. The Morgan fingerprint density at radius 1 is 1.60 bits per heavy atom. The summed E-state index contributed by atoms with van der Waals surface area (Å²) in [6, 6.07) is 1.96. The number of hydrogen-bond acceptors (Lipinski definition) is 2. The van der Waals surface area contributed by atoms with E-state index in [1.165, 1.54) is 0 Å². The molecule has 3 heteroatoms. The van der Waals surface area contributed by atoms with Gasteiger partial charge in [0.05, 0.1) is 0 Å². The van der Waals surface area contributed by atoms with Gasteiger partial charge in [-0.05, 0) is 39.4 Å². The van der Waals surface area contributed by atoms with Crippen LogP contribution >= 0.6 is 15.9 Å². The minimum Gasteiger partial charge on any atom is -0.299 e. The fraction of sp³-hybridized carbons (Fsp3) is 0.500. The van der Waals surface area contributed by atoms with Crippen LogP contribution in [0.2, 0.25) is 0 Å². The van der Waals surface area contributed by atoms with Crippen LogP contribution in [-0.2, 0) is 11.2 Å². The molecule has 0 aliphatic heterocycles. The molecule has 0 bridgehead atoms. The first-order valence-electron chi connectivity index (χ1n) is 5.11. The first-order valence-corrected chi connectivity index (χ1v) is 5.90. The topological polar surface area (TPSA) is 30.0 Å². The Morgan fingerprint density at radius 3 is 2.80 bits per heavy atom. The van der Waals surface area contributed by atoms with E-state index in [4.69, 9.17) is 0 Å². The van der Waals surface area contributed by atoms with Gasteiger partial charge >= 0.3 is 0 Å². The molecular weight excluding hydrogens is 254 g/mol. The molecule has 1 aromatic heterocycles. The molecule has 1 aliphatic rings. The number of Topliss-reactive ketones (excluding diaryl/α,β-unsaturated/α-hetero) is 1. The van der Waals surface area contributed by atoms with E-state index < -0.39 is 0 Å². The van der Waals surface area contributed by atoms with Crippen LogP contribution in [-0.4, -0.2) is 10.8 Å². The molecule has 1 atom stereocenters. The van der Waals surface area contributed by atoms with Crippen molar-refractivity contribution in [3.05, 3.63) is 28.5 Å². The molecule has 1 unspecified atom stereocenters. The van der Waals surface area contributed by atoms with E-state index in [1.54, 1.807) is 12.4 Å². The molecule has 15 heavy (non-hydrogen) atoms. The molecule has 0 N–H and O–H groups in total. The summed E-state index contributed by atoms with van der Waals surface area (Å²) in [6.45, 7) is 4.30. The molecule has 1 fully saturated rings. The molecule has 0 aromatic carbocycles. The Balaban J connectivity index is 2.01. The third-order valence-corrected chi connectivity index (χ3v) is 3.48. The predicted molar refractivity (Wildman–Crippen MR) is 62.5 cm³/mol. The van der Waals surface area contributed by atoms with E-state index in [0.29, 0.717) is 12.2 Å². The zero-order valence-electron chi connectivity index (χ0n) is 8.96. The lowest BCUT2D eigenvalue weighted by atomic mass is 10.0. The number of carbonyl (C=O) groups is 1. The van der Waals surface area contributed by atoms with E-state index in [1.807, 2.05) is 6.07 Å². The van der Waals surface area contributed by atoms with Crippen molar-refractivity contribution in [3.8, 4) is 0 Å². The summed E-state index contributed by atoms with van der Waals surface area (Å²) < 4.78 is 0.933. The van der Waals surface area contributed by atoms with Crippen LogP contribution in [0, 0.1) is 11.3 Å². The number of halogens is 1. The molecule has 0 amide bonds. The minimum atomic E-state index is 0.233. The summed E-state index contributed by atoms with van der Waals surface area (Å²) in [5.74, 6) is 0.608. The molecule has 0 saturated heterocycles. The van der Waals surface area contributed by atoms with Crippen molar-refractivity contribution in [2.24, 2.45) is 11.3 Å². The van der Waals surface area contributed by atoms with Gasteiger partial charge in [0, 0.05) is 29.2 Å². The Kier molecular flexibility index (Phi) is 2.67. The second-order valence-corrected chi connectivity index (χ2v) is 5.82. The summed E-state index contributed by atoms with van der Waals surface area (Å²) in [6.07, 6.45) is 5.04. The first kappa shape index (κ1) is 10.8. The third-order valence-electron chi connectivity index (χ3n) is 3.04. The average Bonchev–Trinajstić information content (AvgIpc) is 2.75. The van der Waals surface area contributed by atoms with Crippen molar-refractivity contribution in [2.45, 2.75) is 26.7 Å². The number of hydrogen-bond donors (Lipinski definition) is 0. The van der Waals surface area contributed by atoms with Crippen LogP contribution in [0.25, 0.3) is 0 Å². The second-order valence-electron chi connectivity index (χ2n) is 4.90. The lowest BCUT2D eigenvalue weighted by molar-refractivity contribution is -0.120. The van der Waals surface area contributed by atoms with Gasteiger partial charge in [0.2, 0.25) is 0 Å².